The summed E-state index contributed by atoms with van der Waals surface area (Å²) < 4.78 is 2.06. The van der Waals surface area contributed by atoms with Gasteiger partial charge in [0.25, 0.3) is 0 Å². The molecule has 0 fully saturated rings. The number of carbonyl (C=O) groups excluding carboxylic acids is 1. The third-order valence-electron chi connectivity index (χ3n) is 2.57. The summed E-state index contributed by atoms with van der Waals surface area (Å²) in [4.78, 5) is 11.2. The number of aromatic nitrogens is 1. The number of carbonyl (C=O) groups is 1. The molecule has 1 aromatic heterocycles. The van der Waals surface area contributed by atoms with Crippen LogP contribution < -0.4 is 4.57 Å². The van der Waals surface area contributed by atoms with Gasteiger partial charge in [-0.05, 0) is 19.9 Å². The Labute approximate surface area is 79.2 Å². The van der Waals surface area contributed by atoms with E-state index in [1.54, 1.807) is 6.92 Å². The molecule has 1 heterocycles. The van der Waals surface area contributed by atoms with Crippen LogP contribution in [-0.4, -0.2) is 5.78 Å². The Kier molecular flexibility index (Phi) is 2.81. The van der Waals surface area contributed by atoms with Gasteiger partial charge in [0, 0.05) is 19.1 Å². The lowest BCUT2D eigenvalue weighted by atomic mass is 10.0. The molecule has 0 aliphatic carbocycles. The average Bonchev–Trinajstić information content (AvgIpc) is 2.08. The zero-order chi connectivity index (χ0) is 10.0. The Morgan fingerprint density at radius 3 is 2.62 bits per heavy atom. The molecule has 0 N–H and O–H groups in total. The maximum Gasteiger partial charge on any atom is 0.191 e. The Bertz CT molecular complexity index is 331. The molecule has 0 bridgehead atoms. The third-order valence-corrected chi connectivity index (χ3v) is 2.57. The molecule has 0 aromatic carbocycles. The van der Waals surface area contributed by atoms with Crippen LogP contribution in [0.15, 0.2) is 18.2 Å². The van der Waals surface area contributed by atoms with Gasteiger partial charge < -0.3 is 0 Å². The summed E-state index contributed by atoms with van der Waals surface area (Å²) in [5.74, 6) is 0.200. The van der Waals surface area contributed by atoms with Crippen molar-refractivity contribution >= 4 is 5.78 Å². The van der Waals surface area contributed by atoms with Gasteiger partial charge in [-0.2, -0.15) is 0 Å². The van der Waals surface area contributed by atoms with Crippen molar-refractivity contribution in [3.8, 4) is 0 Å². The van der Waals surface area contributed by atoms with Crippen molar-refractivity contribution in [1.82, 2.24) is 0 Å². The van der Waals surface area contributed by atoms with Crippen LogP contribution >= 0.6 is 0 Å². The number of pyridine rings is 1. The fraction of sp³-hybridized carbons (Fsp3) is 0.455. The van der Waals surface area contributed by atoms with Crippen LogP contribution in [0.25, 0.3) is 0 Å². The van der Waals surface area contributed by atoms with E-state index in [0.29, 0.717) is 0 Å². The van der Waals surface area contributed by atoms with Crippen molar-refractivity contribution in [2.45, 2.75) is 26.7 Å². The lowest BCUT2D eigenvalue weighted by molar-refractivity contribution is -0.685. The number of rotatable bonds is 2. The fourth-order valence-corrected chi connectivity index (χ4v) is 1.36. The van der Waals surface area contributed by atoms with E-state index in [2.05, 4.69) is 4.57 Å². The van der Waals surface area contributed by atoms with Gasteiger partial charge in [0.05, 0.1) is 5.92 Å². The number of hydrogen-bond acceptors (Lipinski definition) is 1. The number of nitrogens with zero attached hydrogens (tertiary/aromatic N) is 1. The predicted molar refractivity (Wildman–Crippen MR) is 51.5 cm³/mol. The van der Waals surface area contributed by atoms with Gasteiger partial charge >= 0.3 is 0 Å². The molecule has 0 amide bonds. The molecule has 70 valence electrons. The van der Waals surface area contributed by atoms with Crippen molar-refractivity contribution in [2.75, 3.05) is 0 Å². The first kappa shape index (κ1) is 9.90. The molecule has 1 aromatic rings. The summed E-state index contributed by atoms with van der Waals surface area (Å²) in [6.45, 7) is 5.61. The highest BCUT2D eigenvalue weighted by atomic mass is 16.1. The molecule has 0 saturated heterocycles. The van der Waals surface area contributed by atoms with Gasteiger partial charge in [-0.1, -0.05) is 0 Å². The lowest BCUT2D eigenvalue weighted by Gasteiger charge is -2.06. The normalized spacial score (nSPS) is 12.6. The standard InChI is InChI=1S/C11H16NO/c1-8-6-5-7-11(12(8)4)9(2)10(3)13/h5-7,9H,1-4H3/q+1. The van der Waals surface area contributed by atoms with Crippen LogP contribution in [0.4, 0.5) is 0 Å². The third kappa shape index (κ3) is 1.94. The molecule has 13 heavy (non-hydrogen) atoms. The van der Waals surface area contributed by atoms with Crippen LogP contribution in [0.3, 0.4) is 0 Å². The molecule has 1 rings (SSSR count). The largest absolute Gasteiger partial charge is 0.299 e. The van der Waals surface area contributed by atoms with Crippen LogP contribution in [0.1, 0.15) is 31.2 Å². The highest BCUT2D eigenvalue weighted by Crippen LogP contribution is 2.11. The zero-order valence-electron chi connectivity index (χ0n) is 8.66. The number of ketones is 1. The van der Waals surface area contributed by atoms with Crippen molar-refractivity contribution in [3.05, 3.63) is 29.6 Å². The summed E-state index contributed by atoms with van der Waals surface area (Å²) in [6.07, 6.45) is 0. The molecule has 0 saturated carbocycles. The van der Waals surface area contributed by atoms with E-state index < -0.39 is 0 Å². The zero-order valence-corrected chi connectivity index (χ0v) is 8.66. The summed E-state index contributed by atoms with van der Waals surface area (Å²) in [7, 11) is 1.99. The maximum absolute atomic E-state index is 11.2. The second-order valence-corrected chi connectivity index (χ2v) is 3.48. The number of aryl methyl sites for hydroxylation is 1. The van der Waals surface area contributed by atoms with E-state index >= 15 is 0 Å². The molecule has 2 nitrogen and oxygen atoms in total. The topological polar surface area (TPSA) is 20.9 Å². The van der Waals surface area contributed by atoms with Crippen molar-refractivity contribution in [3.63, 3.8) is 0 Å². The Morgan fingerprint density at radius 2 is 2.08 bits per heavy atom. The second kappa shape index (κ2) is 3.69. The second-order valence-electron chi connectivity index (χ2n) is 3.48. The number of hydrogen-bond donors (Lipinski definition) is 0. The lowest BCUT2D eigenvalue weighted by Crippen LogP contribution is -2.38. The van der Waals surface area contributed by atoms with Gasteiger partial charge in [-0.15, -0.1) is 0 Å². The monoisotopic (exact) mass is 178 g/mol. The van der Waals surface area contributed by atoms with E-state index in [1.807, 2.05) is 39.1 Å². The summed E-state index contributed by atoms with van der Waals surface area (Å²) in [6, 6.07) is 6.03. The first-order valence-corrected chi connectivity index (χ1v) is 4.50. The van der Waals surface area contributed by atoms with Crippen LogP contribution in [0.2, 0.25) is 0 Å². The van der Waals surface area contributed by atoms with E-state index in [0.717, 1.165) is 5.69 Å². The molecule has 1 unspecified atom stereocenters. The van der Waals surface area contributed by atoms with E-state index in [-0.39, 0.29) is 11.7 Å². The van der Waals surface area contributed by atoms with Gasteiger partial charge in [-0.3, -0.25) is 4.79 Å². The van der Waals surface area contributed by atoms with Gasteiger partial charge in [0.15, 0.2) is 11.4 Å². The first-order valence-electron chi connectivity index (χ1n) is 4.50. The van der Waals surface area contributed by atoms with E-state index in [9.17, 15) is 4.79 Å². The van der Waals surface area contributed by atoms with Crippen molar-refractivity contribution in [1.29, 1.82) is 0 Å². The Hall–Kier alpha value is -1.18. The first-order chi connectivity index (χ1) is 6.04. The van der Waals surface area contributed by atoms with Gasteiger partial charge in [-0.25, -0.2) is 4.57 Å². The molecule has 0 aliphatic rings. The molecule has 0 aliphatic heterocycles. The molecule has 1 atom stereocenters. The van der Waals surface area contributed by atoms with Crippen LogP contribution in [0, 0.1) is 6.92 Å². The van der Waals surface area contributed by atoms with E-state index in [1.165, 1.54) is 5.69 Å². The van der Waals surface area contributed by atoms with Gasteiger partial charge in [0.2, 0.25) is 0 Å². The minimum Gasteiger partial charge on any atom is -0.299 e. The molecule has 0 spiro atoms. The average molecular weight is 178 g/mol. The minimum atomic E-state index is -0.00935. The van der Waals surface area contributed by atoms with Crippen molar-refractivity contribution in [2.24, 2.45) is 7.05 Å². The number of Topliss-reactive ketones (excluding diaryl/α,β-unsaturated/α-hetero) is 1. The Morgan fingerprint density at radius 1 is 1.46 bits per heavy atom. The SMILES string of the molecule is CC(=O)C(C)c1cccc(C)[n+]1C. The van der Waals surface area contributed by atoms with Gasteiger partial charge in [0.1, 0.15) is 12.8 Å². The quantitative estimate of drug-likeness (QED) is 0.629. The molecule has 2 heteroatoms. The fourth-order valence-electron chi connectivity index (χ4n) is 1.36. The maximum atomic E-state index is 11.2. The smallest absolute Gasteiger partial charge is 0.191 e. The van der Waals surface area contributed by atoms with Crippen LogP contribution in [-0.2, 0) is 11.8 Å². The summed E-state index contributed by atoms with van der Waals surface area (Å²) >= 11 is 0. The van der Waals surface area contributed by atoms with Crippen molar-refractivity contribution < 1.29 is 9.36 Å². The molecular formula is C11H16NO+. The molecular weight excluding hydrogens is 162 g/mol. The highest BCUT2D eigenvalue weighted by Gasteiger charge is 2.20. The van der Waals surface area contributed by atoms with Crippen LogP contribution in [0.5, 0.6) is 0 Å². The Balaban J connectivity index is 3.15. The summed E-state index contributed by atoms with van der Waals surface area (Å²) in [5, 5.41) is 0. The minimum absolute atomic E-state index is 0.00935. The highest BCUT2D eigenvalue weighted by molar-refractivity contribution is 5.82. The predicted octanol–water partition coefficient (Wildman–Crippen LogP) is 1.51. The summed E-state index contributed by atoms with van der Waals surface area (Å²) in [5.41, 5.74) is 2.25. The van der Waals surface area contributed by atoms with E-state index in [4.69, 9.17) is 0 Å². The molecule has 0 radical (unpaired) electrons.